The molecule has 104 valence electrons. The zero-order chi connectivity index (χ0) is 13.7. The van der Waals surface area contributed by atoms with Gasteiger partial charge in [-0.25, -0.2) is 0 Å². The number of rotatable bonds is 4. The summed E-state index contributed by atoms with van der Waals surface area (Å²) in [5.74, 6) is 0.380. The van der Waals surface area contributed by atoms with Gasteiger partial charge in [0.25, 0.3) is 0 Å². The maximum Gasteiger partial charge on any atom is 0.241 e. The van der Waals surface area contributed by atoms with E-state index in [-0.39, 0.29) is 11.9 Å². The van der Waals surface area contributed by atoms with E-state index in [0.717, 1.165) is 31.6 Å². The lowest BCUT2D eigenvalue weighted by atomic mass is 9.92. The summed E-state index contributed by atoms with van der Waals surface area (Å²) in [5, 5.41) is 3.03. The van der Waals surface area contributed by atoms with Crippen LogP contribution in [0.1, 0.15) is 31.4 Å². The summed E-state index contributed by atoms with van der Waals surface area (Å²) in [4.78, 5) is 12.1. The van der Waals surface area contributed by atoms with Crippen LogP contribution in [0.15, 0.2) is 30.3 Å². The van der Waals surface area contributed by atoms with Crippen LogP contribution in [0.3, 0.4) is 0 Å². The van der Waals surface area contributed by atoms with Gasteiger partial charge in [-0.2, -0.15) is 0 Å². The average Bonchev–Trinajstić information content (AvgIpc) is 2.48. The minimum atomic E-state index is -0.594. The summed E-state index contributed by atoms with van der Waals surface area (Å²) in [6.07, 6.45) is 2.00. The van der Waals surface area contributed by atoms with E-state index in [1.165, 1.54) is 0 Å². The fourth-order valence-electron chi connectivity index (χ4n) is 2.46. The van der Waals surface area contributed by atoms with Gasteiger partial charge >= 0.3 is 0 Å². The van der Waals surface area contributed by atoms with Gasteiger partial charge in [-0.15, -0.1) is 0 Å². The number of hydrogen-bond donors (Lipinski definition) is 2. The molecule has 2 atom stereocenters. The van der Waals surface area contributed by atoms with Crippen molar-refractivity contribution in [2.75, 3.05) is 13.2 Å². The largest absolute Gasteiger partial charge is 0.381 e. The molecule has 2 rings (SSSR count). The monoisotopic (exact) mass is 262 g/mol. The highest BCUT2D eigenvalue weighted by molar-refractivity contribution is 5.83. The Hall–Kier alpha value is -1.39. The van der Waals surface area contributed by atoms with E-state index >= 15 is 0 Å². The molecule has 1 aliphatic rings. The Balaban J connectivity index is 1.89. The van der Waals surface area contributed by atoms with Crippen LogP contribution in [0.2, 0.25) is 0 Å². The molecule has 4 nitrogen and oxygen atoms in total. The molecule has 1 aliphatic heterocycles. The molecule has 0 bridgehead atoms. The van der Waals surface area contributed by atoms with Crippen LogP contribution in [0.5, 0.6) is 0 Å². The second kappa shape index (κ2) is 6.68. The van der Waals surface area contributed by atoms with Crippen LogP contribution < -0.4 is 11.1 Å². The van der Waals surface area contributed by atoms with Gasteiger partial charge in [0.05, 0.1) is 0 Å². The second-order valence-electron chi connectivity index (χ2n) is 5.14. The standard InChI is InChI=1S/C15H22N2O2/c1-11(12-7-9-19-10-8-12)17-15(18)14(16)13-5-3-2-4-6-13/h2-6,11-12,14H,7-10,16H2,1H3,(H,17,18)/t11?,14-/m1/s1. The van der Waals surface area contributed by atoms with Crippen molar-refractivity contribution < 1.29 is 9.53 Å². The van der Waals surface area contributed by atoms with Crippen LogP contribution in [-0.2, 0) is 9.53 Å². The summed E-state index contributed by atoms with van der Waals surface area (Å²) >= 11 is 0. The molecule has 0 aliphatic carbocycles. The van der Waals surface area contributed by atoms with E-state index in [1.807, 2.05) is 37.3 Å². The summed E-state index contributed by atoms with van der Waals surface area (Å²) in [6, 6.07) is 9.01. The number of nitrogens with one attached hydrogen (secondary N) is 1. The van der Waals surface area contributed by atoms with Gasteiger partial charge in [0.1, 0.15) is 6.04 Å². The van der Waals surface area contributed by atoms with Gasteiger partial charge in [-0.05, 0) is 31.2 Å². The molecule has 1 unspecified atom stereocenters. The Bertz CT molecular complexity index is 402. The molecule has 1 fully saturated rings. The first-order chi connectivity index (χ1) is 9.18. The van der Waals surface area contributed by atoms with E-state index < -0.39 is 6.04 Å². The molecule has 19 heavy (non-hydrogen) atoms. The Kier molecular flexibility index (Phi) is 4.93. The summed E-state index contributed by atoms with van der Waals surface area (Å²) in [5.41, 5.74) is 6.83. The summed E-state index contributed by atoms with van der Waals surface area (Å²) < 4.78 is 5.33. The van der Waals surface area contributed by atoms with Crippen LogP contribution in [0, 0.1) is 5.92 Å². The minimum Gasteiger partial charge on any atom is -0.381 e. The highest BCUT2D eigenvalue weighted by Gasteiger charge is 2.24. The third-order valence-corrected chi connectivity index (χ3v) is 3.78. The van der Waals surface area contributed by atoms with Gasteiger partial charge in [-0.1, -0.05) is 30.3 Å². The molecule has 1 heterocycles. The Morgan fingerprint density at radius 3 is 2.58 bits per heavy atom. The highest BCUT2D eigenvalue weighted by Crippen LogP contribution is 2.19. The molecule has 0 saturated carbocycles. The van der Waals surface area contributed by atoms with Crippen molar-refractivity contribution in [2.24, 2.45) is 11.7 Å². The van der Waals surface area contributed by atoms with Crippen LogP contribution in [-0.4, -0.2) is 25.2 Å². The molecule has 0 radical (unpaired) electrons. The van der Waals surface area contributed by atoms with Crippen molar-refractivity contribution in [2.45, 2.75) is 31.8 Å². The number of ether oxygens (including phenoxy) is 1. The quantitative estimate of drug-likeness (QED) is 0.866. The molecular formula is C15H22N2O2. The van der Waals surface area contributed by atoms with Crippen molar-refractivity contribution in [3.63, 3.8) is 0 Å². The van der Waals surface area contributed by atoms with E-state index in [0.29, 0.717) is 5.92 Å². The van der Waals surface area contributed by atoms with Crippen molar-refractivity contribution >= 4 is 5.91 Å². The Morgan fingerprint density at radius 2 is 1.95 bits per heavy atom. The molecule has 0 aromatic heterocycles. The van der Waals surface area contributed by atoms with Crippen LogP contribution in [0.4, 0.5) is 0 Å². The third kappa shape index (κ3) is 3.78. The van der Waals surface area contributed by atoms with Crippen molar-refractivity contribution in [1.82, 2.24) is 5.32 Å². The van der Waals surface area contributed by atoms with Gasteiger partial charge in [0.2, 0.25) is 5.91 Å². The lowest BCUT2D eigenvalue weighted by Gasteiger charge is -2.29. The normalized spacial score (nSPS) is 19.7. The summed E-state index contributed by atoms with van der Waals surface area (Å²) in [6.45, 7) is 3.62. The van der Waals surface area contributed by atoms with Crippen molar-refractivity contribution in [3.05, 3.63) is 35.9 Å². The van der Waals surface area contributed by atoms with Gasteiger partial charge < -0.3 is 15.8 Å². The number of nitrogens with two attached hydrogens (primary N) is 1. The number of carbonyl (C=O) groups excluding carboxylic acids is 1. The first-order valence-corrected chi connectivity index (χ1v) is 6.87. The van der Waals surface area contributed by atoms with Gasteiger partial charge in [0.15, 0.2) is 0 Å². The topological polar surface area (TPSA) is 64.4 Å². The van der Waals surface area contributed by atoms with E-state index in [4.69, 9.17) is 10.5 Å². The molecule has 1 amide bonds. The molecule has 0 spiro atoms. The minimum absolute atomic E-state index is 0.106. The first kappa shape index (κ1) is 14.0. The number of hydrogen-bond acceptors (Lipinski definition) is 3. The molecule has 4 heteroatoms. The average molecular weight is 262 g/mol. The SMILES string of the molecule is CC(NC(=O)[C@H](N)c1ccccc1)C1CCOCC1. The fraction of sp³-hybridized carbons (Fsp3) is 0.533. The van der Waals surface area contributed by atoms with E-state index in [2.05, 4.69) is 5.32 Å². The van der Waals surface area contributed by atoms with Gasteiger partial charge in [-0.3, -0.25) is 4.79 Å². The molecular weight excluding hydrogens is 240 g/mol. The van der Waals surface area contributed by atoms with Crippen molar-refractivity contribution in [3.8, 4) is 0 Å². The number of benzene rings is 1. The first-order valence-electron chi connectivity index (χ1n) is 6.87. The maximum absolute atomic E-state index is 12.1. The third-order valence-electron chi connectivity index (χ3n) is 3.78. The van der Waals surface area contributed by atoms with E-state index in [1.54, 1.807) is 0 Å². The lowest BCUT2D eigenvalue weighted by molar-refractivity contribution is -0.123. The number of amides is 1. The van der Waals surface area contributed by atoms with Gasteiger partial charge in [0, 0.05) is 19.3 Å². The molecule has 1 aromatic carbocycles. The lowest BCUT2D eigenvalue weighted by Crippen LogP contribution is -2.44. The predicted molar refractivity (Wildman–Crippen MR) is 74.5 cm³/mol. The zero-order valence-electron chi connectivity index (χ0n) is 11.3. The van der Waals surface area contributed by atoms with Crippen LogP contribution in [0.25, 0.3) is 0 Å². The Morgan fingerprint density at radius 1 is 1.32 bits per heavy atom. The van der Waals surface area contributed by atoms with Crippen LogP contribution >= 0.6 is 0 Å². The maximum atomic E-state index is 12.1. The molecule has 1 saturated heterocycles. The number of carbonyl (C=O) groups is 1. The molecule has 3 N–H and O–H groups in total. The molecule has 1 aromatic rings. The van der Waals surface area contributed by atoms with E-state index in [9.17, 15) is 4.79 Å². The Labute approximate surface area is 114 Å². The highest BCUT2D eigenvalue weighted by atomic mass is 16.5. The van der Waals surface area contributed by atoms with Crippen molar-refractivity contribution in [1.29, 1.82) is 0 Å². The fourth-order valence-corrected chi connectivity index (χ4v) is 2.46. The summed E-state index contributed by atoms with van der Waals surface area (Å²) in [7, 11) is 0. The predicted octanol–water partition coefficient (Wildman–Crippen LogP) is 1.62. The smallest absolute Gasteiger partial charge is 0.241 e. The second-order valence-corrected chi connectivity index (χ2v) is 5.14. The zero-order valence-corrected chi connectivity index (χ0v) is 11.3.